The molecule has 0 saturated carbocycles. The molecule has 138 valence electrons. The summed E-state index contributed by atoms with van der Waals surface area (Å²) in [7, 11) is 0. The third kappa shape index (κ3) is 3.77. The molecule has 1 aliphatic rings. The van der Waals surface area contributed by atoms with Gasteiger partial charge in [0.05, 0.1) is 21.5 Å². The van der Waals surface area contributed by atoms with E-state index in [2.05, 4.69) is 60.0 Å². The Hall–Kier alpha value is -2.58. The lowest BCUT2D eigenvalue weighted by atomic mass is 10.00. The molecule has 1 aromatic heterocycles. The molecule has 0 spiro atoms. The third-order valence-corrected chi connectivity index (χ3v) is 6.10. The predicted molar refractivity (Wildman–Crippen MR) is 114 cm³/mol. The maximum Gasteiger partial charge on any atom is 0.186 e. The topological polar surface area (TPSA) is 43.2 Å². The molecule has 3 aromatic rings. The van der Waals surface area contributed by atoms with Gasteiger partial charge >= 0.3 is 0 Å². The summed E-state index contributed by atoms with van der Waals surface area (Å²) in [5.74, 6) is 0.613. The van der Waals surface area contributed by atoms with Crippen LogP contribution in [-0.4, -0.2) is 31.2 Å². The van der Waals surface area contributed by atoms with E-state index >= 15 is 0 Å². The summed E-state index contributed by atoms with van der Waals surface area (Å²) < 4.78 is 1.24. The summed E-state index contributed by atoms with van der Waals surface area (Å²) in [6.45, 7) is 8.15. The van der Waals surface area contributed by atoms with Crippen molar-refractivity contribution in [1.82, 2.24) is 4.98 Å². The minimum absolute atomic E-state index is 0.613. The lowest BCUT2D eigenvalue weighted by Gasteiger charge is -2.36. The number of aromatic nitrogens is 1. The molecular weight excluding hydrogens is 352 g/mol. The van der Waals surface area contributed by atoms with Crippen molar-refractivity contribution in [2.75, 3.05) is 36.0 Å². The van der Waals surface area contributed by atoms with Crippen molar-refractivity contribution in [2.45, 2.75) is 20.3 Å². The summed E-state index contributed by atoms with van der Waals surface area (Å²) in [5, 5.41) is 10.6. The van der Waals surface area contributed by atoms with Crippen LogP contribution in [0.3, 0.4) is 0 Å². The number of para-hydroxylation sites is 1. The van der Waals surface area contributed by atoms with Crippen LogP contribution < -0.4 is 9.80 Å². The van der Waals surface area contributed by atoms with Crippen LogP contribution in [0.4, 0.5) is 10.8 Å². The molecule has 0 radical (unpaired) electrons. The Kier molecular flexibility index (Phi) is 5.00. The van der Waals surface area contributed by atoms with Crippen LogP contribution in [0.2, 0.25) is 0 Å². The summed E-state index contributed by atoms with van der Waals surface area (Å²) in [4.78, 5) is 9.51. The van der Waals surface area contributed by atoms with Crippen LogP contribution in [0.5, 0.6) is 0 Å². The number of anilines is 2. The quantitative estimate of drug-likeness (QED) is 0.662. The van der Waals surface area contributed by atoms with Crippen molar-refractivity contribution in [3.8, 4) is 6.07 Å². The summed E-state index contributed by atoms with van der Waals surface area (Å²) in [5.41, 5.74) is 4.25. The number of piperazine rings is 1. The van der Waals surface area contributed by atoms with Gasteiger partial charge in [-0.1, -0.05) is 43.4 Å². The number of thiazole rings is 1. The number of nitrogens with zero attached hydrogens (tertiary/aromatic N) is 4. The zero-order valence-corrected chi connectivity index (χ0v) is 16.7. The zero-order valence-electron chi connectivity index (χ0n) is 15.9. The first kappa shape index (κ1) is 17.8. The van der Waals surface area contributed by atoms with E-state index in [-0.39, 0.29) is 0 Å². The van der Waals surface area contributed by atoms with Gasteiger partial charge in [-0.05, 0) is 42.2 Å². The standard InChI is InChI=1S/C22H24N4S/c1-16(2)13-17-7-8-18(15-23)20(14-17)25-9-11-26(12-10-25)22-24-19-5-3-4-6-21(19)27-22/h3-8,14,16H,9-13H2,1-2H3. The smallest absolute Gasteiger partial charge is 0.186 e. The van der Waals surface area contributed by atoms with Crippen molar-refractivity contribution in [3.05, 3.63) is 53.6 Å². The largest absolute Gasteiger partial charge is 0.367 e. The molecule has 2 aromatic carbocycles. The molecule has 1 aliphatic heterocycles. The Morgan fingerprint density at radius 3 is 2.52 bits per heavy atom. The molecule has 2 heterocycles. The van der Waals surface area contributed by atoms with Crippen LogP contribution in [0.15, 0.2) is 42.5 Å². The van der Waals surface area contributed by atoms with Gasteiger partial charge in [0.1, 0.15) is 6.07 Å². The van der Waals surface area contributed by atoms with Crippen molar-refractivity contribution in [3.63, 3.8) is 0 Å². The highest BCUT2D eigenvalue weighted by atomic mass is 32.1. The number of hydrogen-bond donors (Lipinski definition) is 0. The van der Waals surface area contributed by atoms with E-state index in [1.54, 1.807) is 11.3 Å². The van der Waals surface area contributed by atoms with Gasteiger partial charge < -0.3 is 9.80 Å². The van der Waals surface area contributed by atoms with E-state index in [4.69, 9.17) is 4.98 Å². The average molecular weight is 377 g/mol. The number of fused-ring (bicyclic) bond motifs is 1. The van der Waals surface area contributed by atoms with Crippen LogP contribution in [0, 0.1) is 17.2 Å². The number of rotatable bonds is 4. The minimum atomic E-state index is 0.613. The second-order valence-corrected chi connectivity index (χ2v) is 8.51. The summed E-state index contributed by atoms with van der Waals surface area (Å²) in [6.07, 6.45) is 1.05. The molecular formula is C22H24N4S. The van der Waals surface area contributed by atoms with Gasteiger partial charge in [0, 0.05) is 26.2 Å². The van der Waals surface area contributed by atoms with Crippen LogP contribution >= 0.6 is 11.3 Å². The fraction of sp³-hybridized carbons (Fsp3) is 0.364. The molecule has 4 rings (SSSR count). The van der Waals surface area contributed by atoms with Crippen LogP contribution in [0.1, 0.15) is 25.0 Å². The molecule has 4 nitrogen and oxygen atoms in total. The number of nitriles is 1. The van der Waals surface area contributed by atoms with Gasteiger partial charge in [0.25, 0.3) is 0 Å². The van der Waals surface area contributed by atoms with Gasteiger partial charge in [0.2, 0.25) is 0 Å². The second kappa shape index (κ2) is 7.58. The fourth-order valence-electron chi connectivity index (χ4n) is 3.67. The molecule has 0 atom stereocenters. The van der Waals surface area contributed by atoms with Crippen molar-refractivity contribution in [2.24, 2.45) is 5.92 Å². The first-order valence-electron chi connectivity index (χ1n) is 9.52. The number of benzene rings is 2. The Bertz CT molecular complexity index is 944. The van der Waals surface area contributed by atoms with E-state index in [9.17, 15) is 5.26 Å². The monoisotopic (exact) mass is 376 g/mol. The van der Waals surface area contributed by atoms with Crippen molar-refractivity contribution >= 4 is 32.4 Å². The Morgan fingerprint density at radius 2 is 1.81 bits per heavy atom. The maximum absolute atomic E-state index is 9.54. The Balaban J connectivity index is 1.51. The van der Waals surface area contributed by atoms with Gasteiger partial charge in [0.15, 0.2) is 5.13 Å². The summed E-state index contributed by atoms with van der Waals surface area (Å²) >= 11 is 1.76. The van der Waals surface area contributed by atoms with E-state index in [0.29, 0.717) is 5.92 Å². The first-order chi connectivity index (χ1) is 13.1. The van der Waals surface area contributed by atoms with Crippen molar-refractivity contribution < 1.29 is 0 Å². The van der Waals surface area contributed by atoms with Gasteiger partial charge in [-0.2, -0.15) is 5.26 Å². The molecule has 0 unspecified atom stereocenters. The lowest BCUT2D eigenvalue weighted by molar-refractivity contribution is 0.641. The molecule has 27 heavy (non-hydrogen) atoms. The van der Waals surface area contributed by atoms with Gasteiger partial charge in [-0.25, -0.2) is 4.98 Å². The van der Waals surface area contributed by atoms with E-state index < -0.39 is 0 Å². The summed E-state index contributed by atoms with van der Waals surface area (Å²) in [6, 6.07) is 17.0. The average Bonchev–Trinajstić information content (AvgIpc) is 3.12. The zero-order chi connectivity index (χ0) is 18.8. The van der Waals surface area contributed by atoms with Gasteiger partial charge in [-0.3, -0.25) is 0 Å². The predicted octanol–water partition coefficient (Wildman–Crippen LogP) is 4.69. The number of hydrogen-bond acceptors (Lipinski definition) is 5. The maximum atomic E-state index is 9.54. The molecule has 0 bridgehead atoms. The highest BCUT2D eigenvalue weighted by molar-refractivity contribution is 7.22. The SMILES string of the molecule is CC(C)Cc1ccc(C#N)c(N2CCN(c3nc4ccccc4s3)CC2)c1. The fourth-order valence-corrected chi connectivity index (χ4v) is 4.68. The molecule has 0 aliphatic carbocycles. The molecule has 5 heteroatoms. The lowest BCUT2D eigenvalue weighted by Crippen LogP contribution is -2.46. The third-order valence-electron chi connectivity index (χ3n) is 5.00. The normalized spacial score (nSPS) is 14.7. The molecule has 1 saturated heterocycles. The molecule has 0 N–H and O–H groups in total. The Labute approximate surface area is 164 Å². The molecule has 1 fully saturated rings. The first-order valence-corrected chi connectivity index (χ1v) is 10.3. The molecule has 0 amide bonds. The minimum Gasteiger partial charge on any atom is -0.367 e. The van der Waals surface area contributed by atoms with Crippen molar-refractivity contribution in [1.29, 1.82) is 5.26 Å². The van der Waals surface area contributed by atoms with Gasteiger partial charge in [-0.15, -0.1) is 0 Å². The Morgan fingerprint density at radius 1 is 1.07 bits per heavy atom. The van der Waals surface area contributed by atoms with Crippen LogP contribution in [0.25, 0.3) is 10.2 Å². The highest BCUT2D eigenvalue weighted by Gasteiger charge is 2.22. The van der Waals surface area contributed by atoms with E-state index in [1.165, 1.54) is 10.3 Å². The van der Waals surface area contributed by atoms with Crippen LogP contribution in [-0.2, 0) is 6.42 Å². The van der Waals surface area contributed by atoms with E-state index in [0.717, 1.165) is 54.5 Å². The van der Waals surface area contributed by atoms with E-state index in [1.807, 2.05) is 12.1 Å². The second-order valence-electron chi connectivity index (χ2n) is 7.50. The highest BCUT2D eigenvalue weighted by Crippen LogP contribution is 2.30.